The van der Waals surface area contributed by atoms with Crippen LogP contribution in [0.4, 0.5) is 4.39 Å². The van der Waals surface area contributed by atoms with Gasteiger partial charge in [0.15, 0.2) is 5.43 Å². The van der Waals surface area contributed by atoms with Crippen LogP contribution in [0.25, 0.3) is 10.9 Å². The fourth-order valence-electron chi connectivity index (χ4n) is 2.19. The van der Waals surface area contributed by atoms with Crippen LogP contribution in [-0.2, 0) is 13.5 Å². The van der Waals surface area contributed by atoms with Gasteiger partial charge in [0.1, 0.15) is 5.82 Å². The molecule has 0 spiro atoms. The molecule has 0 fully saturated rings. The molecule has 2 rings (SSSR count). The summed E-state index contributed by atoms with van der Waals surface area (Å²) in [4.78, 5) is 11.9. The molecule has 0 aliphatic heterocycles. The largest absolute Gasteiger partial charge is 0.396 e. The summed E-state index contributed by atoms with van der Waals surface area (Å²) in [6, 6.07) is 4.12. The molecule has 1 heterocycles. The van der Waals surface area contributed by atoms with E-state index in [9.17, 15) is 9.18 Å². The van der Waals surface area contributed by atoms with Gasteiger partial charge in [-0.3, -0.25) is 4.79 Å². The quantitative estimate of drug-likeness (QED) is 0.857. The average molecular weight is 235 g/mol. The maximum absolute atomic E-state index is 13.3. The fourth-order valence-corrected chi connectivity index (χ4v) is 2.19. The van der Waals surface area contributed by atoms with E-state index < -0.39 is 5.82 Å². The Balaban J connectivity index is 2.89. The van der Waals surface area contributed by atoms with E-state index in [4.69, 9.17) is 5.11 Å². The van der Waals surface area contributed by atoms with E-state index in [0.29, 0.717) is 11.8 Å². The Morgan fingerprint density at radius 2 is 2.06 bits per heavy atom. The van der Waals surface area contributed by atoms with Crippen LogP contribution in [0.2, 0.25) is 0 Å². The minimum absolute atomic E-state index is 0.0149. The monoisotopic (exact) mass is 235 g/mol. The standard InChI is InChI=1S/C13H14FNO2/c1-8-5-9(14)6-11-12(17)7-10(3-4-16)15(2)13(8)11/h5-7,16H,3-4H2,1-2H3. The number of aliphatic hydroxyl groups excluding tert-OH is 1. The lowest BCUT2D eigenvalue weighted by Crippen LogP contribution is -2.14. The third-order valence-electron chi connectivity index (χ3n) is 2.96. The van der Waals surface area contributed by atoms with Gasteiger partial charge in [0.25, 0.3) is 0 Å². The van der Waals surface area contributed by atoms with Crippen molar-refractivity contribution in [1.29, 1.82) is 0 Å². The number of rotatable bonds is 2. The van der Waals surface area contributed by atoms with Gasteiger partial charge in [0, 0.05) is 37.2 Å². The molecule has 0 radical (unpaired) electrons. The van der Waals surface area contributed by atoms with Crippen molar-refractivity contribution in [3.8, 4) is 0 Å². The molecule has 90 valence electrons. The SMILES string of the molecule is Cc1cc(F)cc2c(=O)cc(CCO)n(C)c12. The number of halogens is 1. The number of nitrogens with zero attached hydrogens (tertiary/aromatic N) is 1. The van der Waals surface area contributed by atoms with E-state index in [1.54, 1.807) is 6.92 Å². The van der Waals surface area contributed by atoms with Crippen molar-refractivity contribution in [2.45, 2.75) is 13.3 Å². The van der Waals surface area contributed by atoms with Crippen LogP contribution in [-0.4, -0.2) is 16.3 Å². The second kappa shape index (κ2) is 4.30. The third-order valence-corrected chi connectivity index (χ3v) is 2.96. The second-order valence-corrected chi connectivity index (χ2v) is 4.15. The van der Waals surface area contributed by atoms with Crippen molar-refractivity contribution >= 4 is 10.9 Å². The summed E-state index contributed by atoms with van der Waals surface area (Å²) in [5.74, 6) is -0.401. The lowest BCUT2D eigenvalue weighted by Gasteiger charge is -2.13. The molecule has 0 aliphatic carbocycles. The Morgan fingerprint density at radius 3 is 2.71 bits per heavy atom. The van der Waals surface area contributed by atoms with E-state index >= 15 is 0 Å². The van der Waals surface area contributed by atoms with Gasteiger partial charge in [0.05, 0.1) is 5.52 Å². The van der Waals surface area contributed by atoms with Gasteiger partial charge in [-0.1, -0.05) is 0 Å². The van der Waals surface area contributed by atoms with E-state index in [2.05, 4.69) is 0 Å². The summed E-state index contributed by atoms with van der Waals surface area (Å²) in [5.41, 5.74) is 1.99. The van der Waals surface area contributed by atoms with Gasteiger partial charge in [0.2, 0.25) is 0 Å². The van der Waals surface area contributed by atoms with Crippen LogP contribution in [0.3, 0.4) is 0 Å². The van der Waals surface area contributed by atoms with Crippen LogP contribution < -0.4 is 5.43 Å². The van der Waals surface area contributed by atoms with Gasteiger partial charge in [-0.25, -0.2) is 4.39 Å². The maximum atomic E-state index is 13.3. The zero-order valence-electron chi connectivity index (χ0n) is 9.83. The summed E-state index contributed by atoms with van der Waals surface area (Å²) in [5, 5.41) is 9.33. The predicted octanol–water partition coefficient (Wildman–Crippen LogP) is 1.52. The zero-order valence-corrected chi connectivity index (χ0v) is 9.83. The highest BCUT2D eigenvalue weighted by molar-refractivity contribution is 5.82. The van der Waals surface area contributed by atoms with Gasteiger partial charge in [-0.05, 0) is 24.6 Å². The number of hydrogen-bond donors (Lipinski definition) is 1. The molecule has 0 bridgehead atoms. The molecule has 0 saturated carbocycles. The minimum atomic E-state index is -0.401. The zero-order chi connectivity index (χ0) is 12.6. The number of benzene rings is 1. The molecule has 0 amide bonds. The highest BCUT2D eigenvalue weighted by atomic mass is 19.1. The van der Waals surface area contributed by atoms with E-state index in [1.165, 1.54) is 18.2 Å². The molecule has 0 saturated heterocycles. The molecular weight excluding hydrogens is 221 g/mol. The minimum Gasteiger partial charge on any atom is -0.396 e. The molecule has 1 N–H and O–H groups in total. The molecule has 4 heteroatoms. The normalized spacial score (nSPS) is 11.1. The van der Waals surface area contributed by atoms with Gasteiger partial charge >= 0.3 is 0 Å². The van der Waals surface area contributed by atoms with Crippen molar-refractivity contribution in [1.82, 2.24) is 4.57 Å². The first-order chi connectivity index (χ1) is 8.04. The number of hydrogen-bond acceptors (Lipinski definition) is 2. The Hall–Kier alpha value is -1.68. The molecule has 1 aromatic carbocycles. The number of aliphatic hydroxyl groups is 1. The number of aromatic nitrogens is 1. The smallest absolute Gasteiger partial charge is 0.189 e. The van der Waals surface area contributed by atoms with Gasteiger partial charge in [-0.2, -0.15) is 0 Å². The fraction of sp³-hybridized carbons (Fsp3) is 0.308. The van der Waals surface area contributed by atoms with Crippen molar-refractivity contribution in [3.05, 3.63) is 45.5 Å². The number of aryl methyl sites for hydroxylation is 2. The second-order valence-electron chi connectivity index (χ2n) is 4.15. The topological polar surface area (TPSA) is 42.2 Å². The maximum Gasteiger partial charge on any atom is 0.189 e. The molecule has 0 atom stereocenters. The average Bonchev–Trinajstić information content (AvgIpc) is 2.25. The Bertz CT molecular complexity index is 631. The van der Waals surface area contributed by atoms with Crippen molar-refractivity contribution in [2.24, 2.45) is 7.05 Å². The van der Waals surface area contributed by atoms with E-state index in [-0.39, 0.29) is 12.0 Å². The number of pyridine rings is 1. The lowest BCUT2D eigenvalue weighted by molar-refractivity contribution is 0.297. The van der Waals surface area contributed by atoms with E-state index in [0.717, 1.165) is 16.8 Å². The molecule has 1 aromatic heterocycles. The molecule has 3 nitrogen and oxygen atoms in total. The lowest BCUT2D eigenvalue weighted by atomic mass is 10.1. The first kappa shape index (κ1) is 11.8. The molecule has 0 aliphatic rings. The Morgan fingerprint density at radius 1 is 1.35 bits per heavy atom. The van der Waals surface area contributed by atoms with Crippen molar-refractivity contribution < 1.29 is 9.50 Å². The first-order valence-electron chi connectivity index (χ1n) is 5.44. The summed E-state index contributed by atoms with van der Waals surface area (Å²) in [6.45, 7) is 1.76. The van der Waals surface area contributed by atoms with Gasteiger partial charge in [-0.15, -0.1) is 0 Å². The van der Waals surface area contributed by atoms with E-state index in [1.807, 2.05) is 11.6 Å². The Labute approximate surface area is 98.1 Å². The predicted molar refractivity (Wildman–Crippen MR) is 64.7 cm³/mol. The van der Waals surface area contributed by atoms with Crippen molar-refractivity contribution in [2.75, 3.05) is 6.61 Å². The van der Waals surface area contributed by atoms with Crippen LogP contribution in [0, 0.1) is 12.7 Å². The molecule has 2 aromatic rings. The molecule has 17 heavy (non-hydrogen) atoms. The molecular formula is C13H14FNO2. The summed E-state index contributed by atoms with van der Waals surface area (Å²) in [7, 11) is 1.82. The highest BCUT2D eigenvalue weighted by Crippen LogP contribution is 2.18. The Kier molecular flexibility index (Phi) is 2.98. The van der Waals surface area contributed by atoms with Gasteiger partial charge < -0.3 is 9.67 Å². The van der Waals surface area contributed by atoms with Crippen LogP contribution in [0.5, 0.6) is 0 Å². The summed E-state index contributed by atoms with van der Waals surface area (Å²) < 4.78 is 15.1. The number of fused-ring (bicyclic) bond motifs is 1. The summed E-state index contributed by atoms with van der Waals surface area (Å²) >= 11 is 0. The van der Waals surface area contributed by atoms with Crippen LogP contribution in [0.15, 0.2) is 23.0 Å². The van der Waals surface area contributed by atoms with Crippen LogP contribution in [0.1, 0.15) is 11.3 Å². The summed E-state index contributed by atoms with van der Waals surface area (Å²) in [6.07, 6.45) is 0.415. The highest BCUT2D eigenvalue weighted by Gasteiger charge is 2.09. The van der Waals surface area contributed by atoms with Crippen LogP contribution >= 0.6 is 0 Å². The first-order valence-corrected chi connectivity index (χ1v) is 5.44. The van der Waals surface area contributed by atoms with Crippen molar-refractivity contribution in [3.63, 3.8) is 0 Å². The molecule has 0 unspecified atom stereocenters. The third kappa shape index (κ3) is 1.96.